The number of nitrogens with one attached hydrogen (secondary N) is 2. The van der Waals surface area contributed by atoms with Crippen LogP contribution in [-0.2, 0) is 4.79 Å². The molecule has 1 aromatic rings. The first-order valence-corrected chi connectivity index (χ1v) is 7.05. The highest BCUT2D eigenvalue weighted by Crippen LogP contribution is 2.50. The van der Waals surface area contributed by atoms with Gasteiger partial charge in [-0.1, -0.05) is 12.1 Å². The summed E-state index contributed by atoms with van der Waals surface area (Å²) in [6, 6.07) is 4.41. The van der Waals surface area contributed by atoms with E-state index >= 15 is 0 Å². The van der Waals surface area contributed by atoms with Crippen LogP contribution < -0.4 is 10.6 Å². The number of rotatable bonds is 1. The Morgan fingerprint density at radius 2 is 2.10 bits per heavy atom. The average Bonchev–Trinajstić information content (AvgIpc) is 2.98. The number of carbonyl (C=O) groups is 2. The SMILES string of the molecule is CNC(=O)N[C@H]1c2cccc(F)c2[C@H]2CN(C(C)=O)C[C@H]21. The minimum absolute atomic E-state index is 0.0130. The van der Waals surface area contributed by atoms with Crippen LogP contribution >= 0.6 is 0 Å². The van der Waals surface area contributed by atoms with Gasteiger partial charge in [-0.15, -0.1) is 0 Å². The molecule has 112 valence electrons. The Kier molecular flexibility index (Phi) is 3.31. The van der Waals surface area contributed by atoms with Crippen molar-refractivity contribution in [3.8, 4) is 0 Å². The average molecular weight is 291 g/mol. The fraction of sp³-hybridized carbons (Fsp3) is 0.467. The third kappa shape index (κ3) is 2.14. The molecular formula is C15H18FN3O2. The van der Waals surface area contributed by atoms with Gasteiger partial charge in [-0.25, -0.2) is 9.18 Å². The number of urea groups is 1. The molecule has 1 saturated heterocycles. The van der Waals surface area contributed by atoms with E-state index in [1.807, 2.05) is 6.07 Å². The number of fused-ring (bicyclic) bond motifs is 3. The van der Waals surface area contributed by atoms with E-state index in [-0.39, 0.29) is 35.6 Å². The summed E-state index contributed by atoms with van der Waals surface area (Å²) in [5.41, 5.74) is 1.48. The van der Waals surface area contributed by atoms with E-state index in [1.165, 1.54) is 13.0 Å². The van der Waals surface area contributed by atoms with Crippen LogP contribution in [0.2, 0.25) is 0 Å². The maximum Gasteiger partial charge on any atom is 0.315 e. The van der Waals surface area contributed by atoms with Crippen molar-refractivity contribution in [3.63, 3.8) is 0 Å². The predicted molar refractivity (Wildman–Crippen MR) is 75.2 cm³/mol. The zero-order chi connectivity index (χ0) is 15.1. The smallest absolute Gasteiger partial charge is 0.315 e. The van der Waals surface area contributed by atoms with E-state index in [9.17, 15) is 14.0 Å². The van der Waals surface area contributed by atoms with Gasteiger partial charge in [0.1, 0.15) is 5.82 Å². The van der Waals surface area contributed by atoms with Crippen LogP contribution in [0.4, 0.5) is 9.18 Å². The number of hydrogen-bond acceptors (Lipinski definition) is 2. The molecule has 0 saturated carbocycles. The number of nitrogens with zero attached hydrogens (tertiary/aromatic N) is 1. The maximum atomic E-state index is 14.2. The minimum atomic E-state index is -0.294. The van der Waals surface area contributed by atoms with E-state index in [0.717, 1.165) is 5.56 Å². The molecule has 0 aromatic heterocycles. The molecule has 1 aliphatic heterocycles. The van der Waals surface area contributed by atoms with E-state index in [4.69, 9.17) is 0 Å². The molecule has 1 fully saturated rings. The van der Waals surface area contributed by atoms with Gasteiger partial charge in [0.15, 0.2) is 0 Å². The van der Waals surface area contributed by atoms with Crippen molar-refractivity contribution >= 4 is 11.9 Å². The molecule has 6 heteroatoms. The minimum Gasteiger partial charge on any atom is -0.342 e. The summed E-state index contributed by atoms with van der Waals surface area (Å²) >= 11 is 0. The predicted octanol–water partition coefficient (Wildman–Crippen LogP) is 1.37. The molecule has 1 aromatic carbocycles. The van der Waals surface area contributed by atoms with Gasteiger partial charge in [-0.3, -0.25) is 4.79 Å². The van der Waals surface area contributed by atoms with Crippen LogP contribution in [0, 0.1) is 11.7 Å². The van der Waals surface area contributed by atoms with Crippen LogP contribution in [0.3, 0.4) is 0 Å². The molecule has 3 atom stereocenters. The van der Waals surface area contributed by atoms with Gasteiger partial charge in [-0.05, 0) is 17.2 Å². The van der Waals surface area contributed by atoms with E-state index in [0.29, 0.717) is 18.7 Å². The van der Waals surface area contributed by atoms with Crippen LogP contribution in [-0.4, -0.2) is 37.0 Å². The van der Waals surface area contributed by atoms with Crippen LogP contribution in [0.1, 0.15) is 30.0 Å². The lowest BCUT2D eigenvalue weighted by Crippen LogP contribution is -2.39. The van der Waals surface area contributed by atoms with Crippen molar-refractivity contribution in [3.05, 3.63) is 35.1 Å². The number of hydrogen-bond donors (Lipinski definition) is 2. The third-order valence-electron chi connectivity index (χ3n) is 4.54. The monoisotopic (exact) mass is 291 g/mol. The highest BCUT2D eigenvalue weighted by Gasteiger charge is 2.48. The molecule has 1 aliphatic carbocycles. The van der Waals surface area contributed by atoms with Gasteiger partial charge in [-0.2, -0.15) is 0 Å². The summed E-state index contributed by atoms with van der Waals surface area (Å²) in [4.78, 5) is 25.0. The summed E-state index contributed by atoms with van der Waals surface area (Å²) in [6.45, 7) is 2.58. The molecule has 2 aliphatic rings. The van der Waals surface area contributed by atoms with Crippen molar-refractivity contribution in [1.29, 1.82) is 0 Å². The fourth-order valence-electron chi connectivity index (χ4n) is 3.57. The molecule has 1 heterocycles. The number of carbonyl (C=O) groups excluding carboxylic acids is 2. The Morgan fingerprint density at radius 3 is 2.76 bits per heavy atom. The number of benzene rings is 1. The summed E-state index contributed by atoms with van der Waals surface area (Å²) in [5, 5.41) is 5.41. The molecule has 21 heavy (non-hydrogen) atoms. The third-order valence-corrected chi connectivity index (χ3v) is 4.54. The lowest BCUT2D eigenvalue weighted by Gasteiger charge is -2.22. The van der Waals surface area contributed by atoms with Crippen molar-refractivity contribution in [2.75, 3.05) is 20.1 Å². The first-order chi connectivity index (χ1) is 10.0. The summed E-state index contributed by atoms with van der Waals surface area (Å²) in [7, 11) is 1.55. The van der Waals surface area contributed by atoms with E-state index in [1.54, 1.807) is 18.0 Å². The number of halogens is 1. The van der Waals surface area contributed by atoms with Gasteiger partial charge < -0.3 is 15.5 Å². The fourth-order valence-corrected chi connectivity index (χ4v) is 3.57. The van der Waals surface area contributed by atoms with E-state index < -0.39 is 0 Å². The second-order valence-corrected chi connectivity index (χ2v) is 5.64. The van der Waals surface area contributed by atoms with E-state index in [2.05, 4.69) is 10.6 Å². The first-order valence-electron chi connectivity index (χ1n) is 7.05. The van der Waals surface area contributed by atoms with Crippen molar-refractivity contribution in [1.82, 2.24) is 15.5 Å². The normalized spacial score (nSPS) is 26.2. The Labute approximate surface area is 122 Å². The van der Waals surface area contributed by atoms with Gasteiger partial charge in [0.05, 0.1) is 6.04 Å². The first kappa shape index (κ1) is 13.9. The molecule has 5 nitrogen and oxygen atoms in total. The summed E-state index contributed by atoms with van der Waals surface area (Å²) < 4.78 is 14.2. The van der Waals surface area contributed by atoms with Crippen molar-refractivity contribution < 1.29 is 14.0 Å². The Balaban J connectivity index is 1.99. The van der Waals surface area contributed by atoms with Crippen molar-refractivity contribution in [2.24, 2.45) is 5.92 Å². The van der Waals surface area contributed by atoms with Crippen LogP contribution in [0.25, 0.3) is 0 Å². The molecule has 3 amide bonds. The second kappa shape index (κ2) is 5.02. The summed E-state index contributed by atoms with van der Waals surface area (Å²) in [5.74, 6) is -0.291. The number of likely N-dealkylation sites (tertiary alicyclic amines) is 1. The lowest BCUT2D eigenvalue weighted by atomic mass is 9.94. The Bertz CT molecular complexity index is 605. The quantitative estimate of drug-likeness (QED) is 0.821. The van der Waals surface area contributed by atoms with Crippen LogP contribution in [0.5, 0.6) is 0 Å². The Morgan fingerprint density at radius 1 is 1.33 bits per heavy atom. The molecule has 0 spiro atoms. The molecule has 0 unspecified atom stereocenters. The standard InChI is InChI=1S/C15H18FN3O2/c1-8(20)19-6-10-11(7-19)14(18-15(21)17-2)9-4-3-5-12(16)13(9)10/h3-5,10-11,14H,6-7H2,1-2H3,(H2,17,18,21)/t10-,11+,14-/m0/s1. The maximum absolute atomic E-state index is 14.2. The highest BCUT2D eigenvalue weighted by molar-refractivity contribution is 5.75. The van der Waals surface area contributed by atoms with Gasteiger partial charge in [0, 0.05) is 38.9 Å². The zero-order valence-corrected chi connectivity index (χ0v) is 12.0. The zero-order valence-electron chi connectivity index (χ0n) is 12.0. The summed E-state index contributed by atoms with van der Waals surface area (Å²) in [6.07, 6.45) is 0. The van der Waals surface area contributed by atoms with Gasteiger partial charge in [0.2, 0.25) is 5.91 Å². The van der Waals surface area contributed by atoms with Crippen molar-refractivity contribution in [2.45, 2.75) is 18.9 Å². The Hall–Kier alpha value is -2.11. The second-order valence-electron chi connectivity index (χ2n) is 5.64. The van der Waals surface area contributed by atoms with Gasteiger partial charge >= 0.3 is 6.03 Å². The van der Waals surface area contributed by atoms with Gasteiger partial charge in [0.25, 0.3) is 0 Å². The highest BCUT2D eigenvalue weighted by atomic mass is 19.1. The molecular weight excluding hydrogens is 273 g/mol. The molecule has 0 bridgehead atoms. The molecule has 0 radical (unpaired) electrons. The van der Waals surface area contributed by atoms with Crippen LogP contribution in [0.15, 0.2) is 18.2 Å². The lowest BCUT2D eigenvalue weighted by molar-refractivity contribution is -0.128. The molecule has 3 rings (SSSR count). The number of amides is 3. The largest absolute Gasteiger partial charge is 0.342 e. The topological polar surface area (TPSA) is 61.4 Å². The molecule has 2 N–H and O–H groups in total.